The molecule has 0 saturated carbocycles. The Balaban J connectivity index is 1.93. The van der Waals surface area contributed by atoms with Crippen LogP contribution in [-0.4, -0.2) is 24.8 Å². The van der Waals surface area contributed by atoms with Crippen molar-refractivity contribution in [1.29, 1.82) is 0 Å². The predicted molar refractivity (Wildman–Crippen MR) is 95.8 cm³/mol. The second-order valence-electron chi connectivity index (χ2n) is 5.93. The van der Waals surface area contributed by atoms with E-state index in [4.69, 9.17) is 0 Å². The van der Waals surface area contributed by atoms with E-state index in [2.05, 4.69) is 10.4 Å². The molecule has 26 heavy (non-hydrogen) atoms. The Bertz CT molecular complexity index is 1020. The van der Waals surface area contributed by atoms with Crippen molar-refractivity contribution < 1.29 is 4.79 Å². The van der Waals surface area contributed by atoms with Crippen LogP contribution in [0.4, 0.5) is 0 Å². The molecule has 1 atom stereocenters. The summed E-state index contributed by atoms with van der Waals surface area (Å²) in [6.07, 6.45) is 3.46. The number of aromatic nitrogens is 4. The standard InChI is InChI=1S/C18H19N5O3/c1-21-15(11-16(24)22(2)18(21)26)17(25)20-14(12-23-10-6-9-19-23)13-7-4-3-5-8-13/h3-11,14H,12H2,1-2H3,(H,20,25)/t14-/m0/s1. The van der Waals surface area contributed by atoms with Crippen molar-refractivity contribution in [2.75, 3.05) is 0 Å². The molecule has 0 radical (unpaired) electrons. The van der Waals surface area contributed by atoms with Gasteiger partial charge in [-0.2, -0.15) is 5.10 Å². The minimum Gasteiger partial charge on any atom is -0.342 e. The lowest BCUT2D eigenvalue weighted by atomic mass is 10.1. The van der Waals surface area contributed by atoms with Gasteiger partial charge in [0.1, 0.15) is 5.69 Å². The molecule has 8 heteroatoms. The average Bonchev–Trinajstić information content (AvgIpc) is 3.16. The average molecular weight is 353 g/mol. The van der Waals surface area contributed by atoms with Crippen molar-refractivity contribution in [1.82, 2.24) is 24.2 Å². The van der Waals surface area contributed by atoms with Gasteiger partial charge in [-0.3, -0.25) is 23.4 Å². The van der Waals surface area contributed by atoms with Crippen LogP contribution in [0.25, 0.3) is 0 Å². The largest absolute Gasteiger partial charge is 0.342 e. The van der Waals surface area contributed by atoms with Crippen LogP contribution in [0.2, 0.25) is 0 Å². The first-order valence-corrected chi connectivity index (χ1v) is 8.07. The van der Waals surface area contributed by atoms with Crippen LogP contribution in [0.1, 0.15) is 22.1 Å². The minimum atomic E-state index is -0.550. The third-order valence-corrected chi connectivity index (χ3v) is 4.19. The van der Waals surface area contributed by atoms with Gasteiger partial charge < -0.3 is 5.32 Å². The van der Waals surface area contributed by atoms with Crippen LogP contribution in [-0.2, 0) is 20.6 Å². The molecule has 1 amide bonds. The quantitative estimate of drug-likeness (QED) is 0.721. The molecule has 1 aromatic carbocycles. The van der Waals surface area contributed by atoms with Crippen LogP contribution in [0.15, 0.2) is 64.4 Å². The Hall–Kier alpha value is -3.42. The molecular formula is C18H19N5O3. The number of hydrogen-bond donors (Lipinski definition) is 1. The van der Waals surface area contributed by atoms with Crippen molar-refractivity contribution in [2.24, 2.45) is 14.1 Å². The maximum absolute atomic E-state index is 12.7. The molecule has 3 aromatic rings. The van der Waals surface area contributed by atoms with Gasteiger partial charge in [-0.15, -0.1) is 0 Å². The van der Waals surface area contributed by atoms with Crippen molar-refractivity contribution >= 4 is 5.91 Å². The zero-order chi connectivity index (χ0) is 18.7. The molecule has 0 aliphatic heterocycles. The van der Waals surface area contributed by atoms with E-state index >= 15 is 0 Å². The lowest BCUT2D eigenvalue weighted by Crippen LogP contribution is -2.42. The second-order valence-corrected chi connectivity index (χ2v) is 5.93. The van der Waals surface area contributed by atoms with Crippen molar-refractivity contribution in [3.8, 4) is 0 Å². The van der Waals surface area contributed by atoms with Crippen LogP contribution in [0.3, 0.4) is 0 Å². The molecule has 3 rings (SSSR count). The normalized spacial score (nSPS) is 11.9. The molecule has 0 aliphatic rings. The third kappa shape index (κ3) is 3.49. The van der Waals surface area contributed by atoms with Gasteiger partial charge in [-0.1, -0.05) is 30.3 Å². The second kappa shape index (κ2) is 7.22. The van der Waals surface area contributed by atoms with Crippen molar-refractivity contribution in [3.63, 3.8) is 0 Å². The Morgan fingerprint density at radius 3 is 2.50 bits per heavy atom. The zero-order valence-electron chi connectivity index (χ0n) is 14.5. The summed E-state index contributed by atoms with van der Waals surface area (Å²) in [6, 6.07) is 12.0. The molecule has 0 spiro atoms. The summed E-state index contributed by atoms with van der Waals surface area (Å²) < 4.78 is 3.82. The highest BCUT2D eigenvalue weighted by atomic mass is 16.2. The van der Waals surface area contributed by atoms with Gasteiger partial charge in [-0.05, 0) is 11.6 Å². The van der Waals surface area contributed by atoms with E-state index in [1.54, 1.807) is 23.1 Å². The number of benzene rings is 1. The Morgan fingerprint density at radius 1 is 1.12 bits per heavy atom. The van der Waals surface area contributed by atoms with Gasteiger partial charge in [0.25, 0.3) is 11.5 Å². The van der Waals surface area contributed by atoms with Crippen molar-refractivity contribution in [2.45, 2.75) is 12.6 Å². The van der Waals surface area contributed by atoms with E-state index in [1.165, 1.54) is 14.1 Å². The SMILES string of the molecule is Cn1c(C(=O)N[C@@H](Cn2cccn2)c2ccccc2)cc(=O)n(C)c1=O. The fourth-order valence-corrected chi connectivity index (χ4v) is 2.70. The molecule has 134 valence electrons. The molecule has 1 N–H and O–H groups in total. The number of amides is 1. The summed E-state index contributed by atoms with van der Waals surface area (Å²) in [5.74, 6) is -0.497. The highest BCUT2D eigenvalue weighted by molar-refractivity contribution is 5.92. The fourth-order valence-electron chi connectivity index (χ4n) is 2.70. The number of nitrogens with zero attached hydrogens (tertiary/aromatic N) is 4. The highest BCUT2D eigenvalue weighted by Crippen LogP contribution is 2.15. The maximum Gasteiger partial charge on any atom is 0.331 e. The summed E-state index contributed by atoms with van der Waals surface area (Å²) in [6.45, 7) is 0.418. The van der Waals surface area contributed by atoms with E-state index < -0.39 is 17.2 Å². The summed E-state index contributed by atoms with van der Waals surface area (Å²) in [5, 5.41) is 7.07. The van der Waals surface area contributed by atoms with E-state index in [9.17, 15) is 14.4 Å². The first-order valence-electron chi connectivity index (χ1n) is 8.07. The van der Waals surface area contributed by atoms with Gasteiger partial charge in [0, 0.05) is 32.6 Å². The van der Waals surface area contributed by atoms with Gasteiger partial charge >= 0.3 is 5.69 Å². The Kier molecular flexibility index (Phi) is 4.83. The third-order valence-electron chi connectivity index (χ3n) is 4.19. The minimum absolute atomic E-state index is 0.0134. The summed E-state index contributed by atoms with van der Waals surface area (Å²) in [7, 11) is 2.83. The Morgan fingerprint density at radius 2 is 1.85 bits per heavy atom. The molecule has 8 nitrogen and oxygen atoms in total. The number of carbonyl (C=O) groups is 1. The van der Waals surface area contributed by atoms with Crippen LogP contribution in [0, 0.1) is 0 Å². The number of rotatable bonds is 5. The van der Waals surface area contributed by atoms with Gasteiger partial charge in [0.15, 0.2) is 0 Å². The topological polar surface area (TPSA) is 90.9 Å². The van der Waals surface area contributed by atoms with Gasteiger partial charge in [0.2, 0.25) is 0 Å². The van der Waals surface area contributed by atoms with E-state index in [-0.39, 0.29) is 11.7 Å². The molecule has 2 heterocycles. The molecule has 0 fully saturated rings. The number of carbonyl (C=O) groups excluding carboxylic acids is 1. The van der Waals surface area contributed by atoms with E-state index in [1.807, 2.05) is 30.3 Å². The number of nitrogens with one attached hydrogen (secondary N) is 1. The molecule has 0 saturated heterocycles. The zero-order valence-corrected chi connectivity index (χ0v) is 14.5. The van der Waals surface area contributed by atoms with Gasteiger partial charge in [-0.25, -0.2) is 4.79 Å². The fraction of sp³-hybridized carbons (Fsp3) is 0.222. The molecule has 2 aromatic heterocycles. The monoisotopic (exact) mass is 353 g/mol. The molecule has 0 bridgehead atoms. The smallest absolute Gasteiger partial charge is 0.331 e. The predicted octanol–water partition coefficient (Wildman–Crippen LogP) is 0.452. The molecule has 0 unspecified atom stereocenters. The Labute approximate surface area is 149 Å². The summed E-state index contributed by atoms with van der Waals surface area (Å²) in [4.78, 5) is 36.7. The number of hydrogen-bond acceptors (Lipinski definition) is 4. The first-order chi connectivity index (χ1) is 12.5. The van der Waals surface area contributed by atoms with Gasteiger partial charge in [0.05, 0.1) is 12.6 Å². The van der Waals surface area contributed by atoms with Crippen molar-refractivity contribution in [3.05, 3.63) is 87.0 Å². The lowest BCUT2D eigenvalue weighted by molar-refractivity contribution is 0.0921. The first kappa shape index (κ1) is 17.4. The molecule has 0 aliphatic carbocycles. The molecular weight excluding hydrogens is 334 g/mol. The lowest BCUT2D eigenvalue weighted by Gasteiger charge is -2.20. The van der Waals surface area contributed by atoms with Crippen LogP contribution < -0.4 is 16.6 Å². The van der Waals surface area contributed by atoms with E-state index in [0.29, 0.717) is 6.54 Å². The highest BCUT2D eigenvalue weighted by Gasteiger charge is 2.19. The van der Waals surface area contributed by atoms with Crippen LogP contribution in [0.5, 0.6) is 0 Å². The van der Waals surface area contributed by atoms with E-state index in [0.717, 1.165) is 20.8 Å². The summed E-state index contributed by atoms with van der Waals surface area (Å²) in [5.41, 5.74) is -0.169. The summed E-state index contributed by atoms with van der Waals surface area (Å²) >= 11 is 0. The van der Waals surface area contributed by atoms with Crippen LogP contribution >= 0.6 is 0 Å². The maximum atomic E-state index is 12.7.